The van der Waals surface area contributed by atoms with Crippen LogP contribution in [0.15, 0.2) is 23.2 Å². The highest BCUT2D eigenvalue weighted by molar-refractivity contribution is 5.80. The van der Waals surface area contributed by atoms with Crippen molar-refractivity contribution in [2.45, 2.75) is 45.5 Å². The van der Waals surface area contributed by atoms with Gasteiger partial charge in [-0.05, 0) is 44.4 Å². The number of ether oxygens (including phenoxy) is 2. The number of hydrogen-bond donors (Lipinski definition) is 1. The molecule has 1 aromatic carbocycles. The number of guanidine groups is 1. The number of benzene rings is 1. The highest BCUT2D eigenvalue weighted by Gasteiger charge is 2.34. The van der Waals surface area contributed by atoms with E-state index in [1.807, 2.05) is 18.7 Å². The average Bonchev–Trinajstić information content (AvgIpc) is 2.77. The molecule has 9 heteroatoms. The van der Waals surface area contributed by atoms with Gasteiger partial charge >= 0.3 is 6.18 Å². The first-order valence-corrected chi connectivity index (χ1v) is 11.1. The standard InChI is InChI=1S/C22H33F3N4O2/c1-3-26-21(29-9-7-19(8-10-29)31-4-2)27-16-17-5-6-18(15-20(17)22(23,24)25)28-11-13-30-14-12-28/h5-6,15,19H,3-4,7-14,16H2,1-2H3,(H,26,27). The Kier molecular flexibility index (Phi) is 8.43. The number of anilines is 1. The molecule has 174 valence electrons. The number of nitrogens with one attached hydrogen (secondary N) is 1. The minimum absolute atomic E-state index is 0.0219. The number of hydrogen-bond acceptors (Lipinski definition) is 4. The fourth-order valence-corrected chi connectivity index (χ4v) is 4.04. The molecule has 0 amide bonds. The molecule has 0 spiro atoms. The Bertz CT molecular complexity index is 728. The highest BCUT2D eigenvalue weighted by Crippen LogP contribution is 2.35. The van der Waals surface area contributed by atoms with Gasteiger partial charge in [0.2, 0.25) is 0 Å². The van der Waals surface area contributed by atoms with E-state index in [1.54, 1.807) is 12.1 Å². The van der Waals surface area contributed by atoms with Gasteiger partial charge in [-0.25, -0.2) is 4.99 Å². The molecule has 3 rings (SSSR count). The number of morpholine rings is 1. The van der Waals surface area contributed by atoms with Crippen molar-refractivity contribution in [1.29, 1.82) is 0 Å². The first kappa shape index (κ1) is 23.7. The van der Waals surface area contributed by atoms with Gasteiger partial charge in [0.25, 0.3) is 0 Å². The zero-order valence-electron chi connectivity index (χ0n) is 18.4. The Morgan fingerprint density at radius 1 is 1.16 bits per heavy atom. The smallest absolute Gasteiger partial charge is 0.378 e. The molecule has 0 saturated carbocycles. The lowest BCUT2D eigenvalue weighted by Crippen LogP contribution is -2.47. The summed E-state index contributed by atoms with van der Waals surface area (Å²) in [5, 5.41) is 3.22. The van der Waals surface area contributed by atoms with E-state index >= 15 is 0 Å². The molecule has 0 radical (unpaired) electrons. The molecule has 2 aliphatic heterocycles. The fourth-order valence-electron chi connectivity index (χ4n) is 4.04. The molecule has 0 bridgehead atoms. The van der Waals surface area contributed by atoms with E-state index in [-0.39, 0.29) is 18.2 Å². The third kappa shape index (κ3) is 6.49. The topological polar surface area (TPSA) is 49.3 Å². The Morgan fingerprint density at radius 3 is 2.48 bits per heavy atom. The molecule has 1 aromatic rings. The summed E-state index contributed by atoms with van der Waals surface area (Å²) in [6, 6.07) is 4.56. The van der Waals surface area contributed by atoms with Crippen LogP contribution in [0.5, 0.6) is 0 Å². The Labute approximate surface area is 182 Å². The summed E-state index contributed by atoms with van der Waals surface area (Å²) < 4.78 is 52.4. The van der Waals surface area contributed by atoms with Crippen molar-refractivity contribution < 1.29 is 22.6 Å². The normalized spacial score (nSPS) is 19.1. The van der Waals surface area contributed by atoms with Gasteiger partial charge in [0.05, 0.1) is 31.4 Å². The maximum Gasteiger partial charge on any atom is 0.416 e. The average molecular weight is 443 g/mol. The number of piperidine rings is 1. The molecule has 0 aromatic heterocycles. The summed E-state index contributed by atoms with van der Waals surface area (Å²) in [5.41, 5.74) is 0.142. The van der Waals surface area contributed by atoms with Crippen molar-refractivity contribution in [1.82, 2.24) is 10.2 Å². The van der Waals surface area contributed by atoms with E-state index in [4.69, 9.17) is 9.47 Å². The second-order valence-electron chi connectivity index (χ2n) is 7.75. The van der Waals surface area contributed by atoms with Crippen LogP contribution in [-0.4, -0.2) is 69.5 Å². The molecule has 2 aliphatic rings. The van der Waals surface area contributed by atoms with Gasteiger partial charge in [0, 0.05) is 45.0 Å². The van der Waals surface area contributed by atoms with Crippen LogP contribution in [0.4, 0.5) is 18.9 Å². The van der Waals surface area contributed by atoms with Gasteiger partial charge in [0.15, 0.2) is 5.96 Å². The molecular formula is C22H33F3N4O2. The monoisotopic (exact) mass is 442 g/mol. The Balaban J connectivity index is 1.76. The van der Waals surface area contributed by atoms with Crippen LogP contribution in [0.2, 0.25) is 0 Å². The van der Waals surface area contributed by atoms with Gasteiger partial charge in [-0.3, -0.25) is 0 Å². The summed E-state index contributed by atoms with van der Waals surface area (Å²) in [4.78, 5) is 8.59. The van der Waals surface area contributed by atoms with Crippen LogP contribution < -0.4 is 10.2 Å². The van der Waals surface area contributed by atoms with E-state index in [1.165, 1.54) is 6.07 Å². The third-order valence-electron chi connectivity index (χ3n) is 5.65. The van der Waals surface area contributed by atoms with Crippen molar-refractivity contribution in [3.05, 3.63) is 29.3 Å². The number of nitrogens with zero attached hydrogens (tertiary/aromatic N) is 3. The minimum Gasteiger partial charge on any atom is -0.378 e. The SMILES string of the molecule is CCNC(=NCc1ccc(N2CCOCC2)cc1C(F)(F)F)N1CCC(OCC)CC1. The lowest BCUT2D eigenvalue weighted by molar-refractivity contribution is -0.138. The second-order valence-corrected chi connectivity index (χ2v) is 7.75. The van der Waals surface area contributed by atoms with Crippen molar-refractivity contribution in [3.8, 4) is 0 Å². The van der Waals surface area contributed by atoms with E-state index in [9.17, 15) is 13.2 Å². The van der Waals surface area contributed by atoms with Crippen molar-refractivity contribution in [2.24, 2.45) is 4.99 Å². The maximum atomic E-state index is 13.8. The number of aliphatic imine (C=N–C) groups is 1. The molecule has 2 saturated heterocycles. The Morgan fingerprint density at radius 2 is 1.87 bits per heavy atom. The predicted octanol–water partition coefficient (Wildman–Crippen LogP) is 3.51. The van der Waals surface area contributed by atoms with Crippen LogP contribution in [0.25, 0.3) is 0 Å². The second kappa shape index (κ2) is 11.0. The van der Waals surface area contributed by atoms with Crippen LogP contribution in [0.3, 0.4) is 0 Å². The van der Waals surface area contributed by atoms with Gasteiger partial charge in [0.1, 0.15) is 0 Å². The number of rotatable bonds is 6. The summed E-state index contributed by atoms with van der Waals surface area (Å²) >= 11 is 0. The van der Waals surface area contributed by atoms with Crippen LogP contribution in [0, 0.1) is 0 Å². The minimum atomic E-state index is -4.43. The number of alkyl halides is 3. The highest BCUT2D eigenvalue weighted by atomic mass is 19.4. The first-order valence-electron chi connectivity index (χ1n) is 11.1. The van der Waals surface area contributed by atoms with Crippen molar-refractivity contribution in [3.63, 3.8) is 0 Å². The molecule has 0 unspecified atom stereocenters. The lowest BCUT2D eigenvalue weighted by Gasteiger charge is -2.34. The lowest BCUT2D eigenvalue weighted by atomic mass is 10.1. The van der Waals surface area contributed by atoms with Crippen molar-refractivity contribution >= 4 is 11.6 Å². The summed E-state index contributed by atoms with van der Waals surface area (Å²) in [6.45, 7) is 9.07. The fraction of sp³-hybridized carbons (Fsp3) is 0.682. The maximum absolute atomic E-state index is 13.8. The van der Waals surface area contributed by atoms with E-state index in [2.05, 4.69) is 15.2 Å². The molecule has 2 heterocycles. The van der Waals surface area contributed by atoms with E-state index < -0.39 is 11.7 Å². The molecule has 0 atom stereocenters. The molecule has 6 nitrogen and oxygen atoms in total. The van der Waals surface area contributed by atoms with Crippen LogP contribution >= 0.6 is 0 Å². The quantitative estimate of drug-likeness (QED) is 0.540. The summed E-state index contributed by atoms with van der Waals surface area (Å²) in [6.07, 6.45) is -2.41. The summed E-state index contributed by atoms with van der Waals surface area (Å²) in [5.74, 6) is 0.655. The zero-order chi connectivity index (χ0) is 22.3. The van der Waals surface area contributed by atoms with Gasteiger partial charge in [-0.1, -0.05) is 6.07 Å². The van der Waals surface area contributed by atoms with E-state index in [0.717, 1.165) is 25.9 Å². The first-order chi connectivity index (χ1) is 14.9. The van der Waals surface area contributed by atoms with Crippen LogP contribution in [-0.2, 0) is 22.2 Å². The van der Waals surface area contributed by atoms with Crippen molar-refractivity contribution in [2.75, 3.05) is 57.4 Å². The van der Waals surface area contributed by atoms with E-state index in [0.29, 0.717) is 51.1 Å². The summed E-state index contributed by atoms with van der Waals surface area (Å²) in [7, 11) is 0. The molecule has 0 aliphatic carbocycles. The van der Waals surface area contributed by atoms with Crippen LogP contribution in [0.1, 0.15) is 37.8 Å². The zero-order valence-corrected chi connectivity index (χ0v) is 18.4. The van der Waals surface area contributed by atoms with Gasteiger partial charge in [-0.15, -0.1) is 0 Å². The predicted molar refractivity (Wildman–Crippen MR) is 116 cm³/mol. The van der Waals surface area contributed by atoms with Gasteiger partial charge < -0.3 is 24.6 Å². The number of likely N-dealkylation sites (tertiary alicyclic amines) is 1. The molecule has 31 heavy (non-hydrogen) atoms. The number of halogens is 3. The van der Waals surface area contributed by atoms with Gasteiger partial charge in [-0.2, -0.15) is 13.2 Å². The molecular weight excluding hydrogens is 409 g/mol. The Hall–Kier alpha value is -2.00. The molecule has 1 N–H and O–H groups in total. The largest absolute Gasteiger partial charge is 0.416 e. The third-order valence-corrected chi connectivity index (χ3v) is 5.65. The molecule has 2 fully saturated rings.